The fourth-order valence-electron chi connectivity index (χ4n) is 2.08. The van der Waals surface area contributed by atoms with Crippen molar-refractivity contribution in [1.29, 1.82) is 5.26 Å². The molecule has 0 aromatic heterocycles. The third kappa shape index (κ3) is 8.99. The highest BCUT2D eigenvalue weighted by Gasteiger charge is 2.21. The van der Waals surface area contributed by atoms with Crippen LogP contribution in [0, 0.1) is 17.2 Å². The molecule has 0 saturated heterocycles. The van der Waals surface area contributed by atoms with Crippen molar-refractivity contribution in [3.63, 3.8) is 0 Å². The summed E-state index contributed by atoms with van der Waals surface area (Å²) in [6, 6.07) is 2.24. The van der Waals surface area contributed by atoms with Gasteiger partial charge >= 0.3 is 0 Å². The van der Waals surface area contributed by atoms with Gasteiger partial charge in [-0.15, -0.1) is 0 Å². The Morgan fingerprint density at radius 2 is 1.84 bits per heavy atom. The van der Waals surface area contributed by atoms with E-state index in [1.165, 1.54) is 0 Å². The van der Waals surface area contributed by atoms with Crippen molar-refractivity contribution in [1.82, 2.24) is 9.80 Å². The maximum Gasteiger partial charge on any atom is 0.104 e. The third-order valence-electron chi connectivity index (χ3n) is 3.44. The van der Waals surface area contributed by atoms with Gasteiger partial charge in [-0.05, 0) is 45.8 Å². The topological polar surface area (TPSA) is 56.3 Å². The zero-order valence-electron chi connectivity index (χ0n) is 13.4. The number of hydrogen-bond donors (Lipinski definition) is 1. The molecular weight excluding hydrogens is 236 g/mol. The Hall–Kier alpha value is -0.630. The van der Waals surface area contributed by atoms with Gasteiger partial charge in [0.05, 0.1) is 6.07 Å². The number of nitrogens with two attached hydrogens (primary N) is 1. The first kappa shape index (κ1) is 18.4. The maximum absolute atomic E-state index is 9.08. The van der Waals surface area contributed by atoms with Crippen LogP contribution in [-0.2, 0) is 0 Å². The summed E-state index contributed by atoms with van der Waals surface area (Å²) in [5.74, 6) is 0.673. The first-order valence-electron chi connectivity index (χ1n) is 7.40. The lowest BCUT2D eigenvalue weighted by molar-refractivity contribution is 0.211. The van der Waals surface area contributed by atoms with Crippen LogP contribution in [0.4, 0.5) is 0 Å². The second kappa shape index (κ2) is 9.30. The molecular formula is C15H32N4. The van der Waals surface area contributed by atoms with Crippen LogP contribution in [0.15, 0.2) is 0 Å². The van der Waals surface area contributed by atoms with Gasteiger partial charge in [0, 0.05) is 19.6 Å². The molecule has 0 aromatic carbocycles. The van der Waals surface area contributed by atoms with E-state index in [1.54, 1.807) is 0 Å². The quantitative estimate of drug-likeness (QED) is 0.657. The normalized spacial score (nSPS) is 14.9. The van der Waals surface area contributed by atoms with Gasteiger partial charge in [-0.2, -0.15) is 5.26 Å². The fourth-order valence-corrected chi connectivity index (χ4v) is 2.08. The van der Waals surface area contributed by atoms with Gasteiger partial charge in [0.15, 0.2) is 0 Å². The average molecular weight is 268 g/mol. The van der Waals surface area contributed by atoms with Crippen LogP contribution in [0.5, 0.6) is 0 Å². The molecule has 0 aliphatic heterocycles. The Morgan fingerprint density at radius 1 is 1.21 bits per heavy atom. The van der Waals surface area contributed by atoms with E-state index in [0.717, 1.165) is 45.4 Å². The van der Waals surface area contributed by atoms with E-state index >= 15 is 0 Å². The predicted octanol–water partition coefficient (Wildman–Crippen LogP) is 1.92. The monoisotopic (exact) mass is 268 g/mol. The summed E-state index contributed by atoms with van der Waals surface area (Å²) in [4.78, 5) is 4.69. The number of likely N-dealkylation sites (N-methyl/N-ethyl adjacent to an activating group) is 1. The molecule has 0 saturated carbocycles. The van der Waals surface area contributed by atoms with Crippen LogP contribution >= 0.6 is 0 Å². The van der Waals surface area contributed by atoms with Gasteiger partial charge in [0.1, 0.15) is 5.54 Å². The van der Waals surface area contributed by atoms with Crippen molar-refractivity contribution >= 4 is 0 Å². The highest BCUT2D eigenvalue weighted by molar-refractivity contribution is 5.03. The Kier molecular flexibility index (Phi) is 8.99. The predicted molar refractivity (Wildman–Crippen MR) is 81.9 cm³/mol. The third-order valence-corrected chi connectivity index (χ3v) is 3.44. The van der Waals surface area contributed by atoms with Gasteiger partial charge in [-0.25, -0.2) is 0 Å². The molecule has 4 heteroatoms. The highest BCUT2D eigenvalue weighted by atomic mass is 15.2. The van der Waals surface area contributed by atoms with Crippen LogP contribution in [0.3, 0.4) is 0 Å². The van der Waals surface area contributed by atoms with Crippen LogP contribution in [-0.4, -0.2) is 55.6 Å². The molecule has 19 heavy (non-hydrogen) atoms. The molecule has 0 fully saturated rings. The largest absolute Gasteiger partial charge is 0.313 e. The van der Waals surface area contributed by atoms with E-state index < -0.39 is 5.54 Å². The van der Waals surface area contributed by atoms with Crippen molar-refractivity contribution < 1.29 is 0 Å². The summed E-state index contributed by atoms with van der Waals surface area (Å²) in [5, 5.41) is 9.08. The van der Waals surface area contributed by atoms with Crippen LogP contribution < -0.4 is 5.73 Å². The van der Waals surface area contributed by atoms with Gasteiger partial charge in [0.2, 0.25) is 0 Å². The fraction of sp³-hybridized carbons (Fsp3) is 0.933. The summed E-state index contributed by atoms with van der Waals surface area (Å²) < 4.78 is 0. The molecule has 112 valence electrons. The lowest BCUT2D eigenvalue weighted by atomic mass is 9.93. The Labute approximate surface area is 119 Å². The first-order chi connectivity index (χ1) is 8.83. The summed E-state index contributed by atoms with van der Waals surface area (Å²) >= 11 is 0. The van der Waals surface area contributed by atoms with Crippen molar-refractivity contribution in [3.8, 4) is 6.07 Å². The molecule has 4 nitrogen and oxygen atoms in total. The van der Waals surface area contributed by atoms with Crippen molar-refractivity contribution in [2.24, 2.45) is 11.7 Å². The van der Waals surface area contributed by atoms with Crippen LogP contribution in [0.25, 0.3) is 0 Å². The second-order valence-electron chi connectivity index (χ2n) is 6.22. The standard InChI is InChI=1S/C15H32N4/c1-6-15(17,13-16)8-7-9-19(12-14(2)3)11-10-18(4)5/h14H,6-12,17H2,1-5H3. The molecule has 0 spiro atoms. The highest BCUT2D eigenvalue weighted by Crippen LogP contribution is 2.13. The molecule has 0 aromatic rings. The molecule has 0 bridgehead atoms. The van der Waals surface area contributed by atoms with Crippen LogP contribution in [0.2, 0.25) is 0 Å². The summed E-state index contributed by atoms with van der Waals surface area (Å²) in [5.41, 5.74) is 5.38. The minimum absolute atomic E-state index is 0.634. The number of hydrogen-bond acceptors (Lipinski definition) is 4. The average Bonchev–Trinajstić information content (AvgIpc) is 2.34. The number of nitriles is 1. The van der Waals surface area contributed by atoms with E-state index in [2.05, 4.69) is 43.8 Å². The van der Waals surface area contributed by atoms with Crippen molar-refractivity contribution in [3.05, 3.63) is 0 Å². The summed E-state index contributed by atoms with van der Waals surface area (Å²) in [6.07, 6.45) is 2.51. The zero-order chi connectivity index (χ0) is 14.9. The van der Waals surface area contributed by atoms with E-state index in [0.29, 0.717) is 5.92 Å². The Morgan fingerprint density at radius 3 is 2.26 bits per heavy atom. The molecule has 0 aliphatic rings. The van der Waals surface area contributed by atoms with Gasteiger partial charge in [-0.1, -0.05) is 20.8 Å². The molecule has 0 amide bonds. The zero-order valence-corrected chi connectivity index (χ0v) is 13.4. The maximum atomic E-state index is 9.08. The Balaban J connectivity index is 4.15. The molecule has 0 rings (SSSR count). The van der Waals surface area contributed by atoms with Gasteiger partial charge in [0.25, 0.3) is 0 Å². The SMILES string of the molecule is CCC(N)(C#N)CCCN(CCN(C)C)CC(C)C. The lowest BCUT2D eigenvalue weighted by Crippen LogP contribution is -2.39. The Bertz CT molecular complexity index is 270. The van der Waals surface area contributed by atoms with Crippen LogP contribution in [0.1, 0.15) is 40.0 Å². The molecule has 0 radical (unpaired) electrons. The summed E-state index contributed by atoms with van der Waals surface area (Å²) in [6.45, 7) is 10.8. The minimum Gasteiger partial charge on any atom is -0.313 e. The van der Waals surface area contributed by atoms with Gasteiger partial charge < -0.3 is 15.5 Å². The van der Waals surface area contributed by atoms with Crippen molar-refractivity contribution in [2.75, 3.05) is 40.3 Å². The lowest BCUT2D eigenvalue weighted by Gasteiger charge is -2.27. The van der Waals surface area contributed by atoms with Gasteiger partial charge in [-0.3, -0.25) is 0 Å². The molecule has 0 heterocycles. The molecule has 1 unspecified atom stereocenters. The van der Waals surface area contributed by atoms with Crippen molar-refractivity contribution in [2.45, 2.75) is 45.6 Å². The van der Waals surface area contributed by atoms with E-state index in [1.807, 2.05) is 6.92 Å². The second-order valence-corrected chi connectivity index (χ2v) is 6.22. The number of nitrogens with zero attached hydrogens (tertiary/aromatic N) is 3. The number of rotatable bonds is 10. The first-order valence-corrected chi connectivity index (χ1v) is 7.40. The molecule has 2 N–H and O–H groups in total. The van der Waals surface area contributed by atoms with E-state index in [-0.39, 0.29) is 0 Å². The molecule has 1 atom stereocenters. The molecule has 0 aliphatic carbocycles. The smallest absolute Gasteiger partial charge is 0.104 e. The summed E-state index contributed by atoms with van der Waals surface area (Å²) in [7, 11) is 4.20. The van der Waals surface area contributed by atoms with E-state index in [4.69, 9.17) is 11.0 Å². The minimum atomic E-state index is -0.634. The van der Waals surface area contributed by atoms with E-state index in [9.17, 15) is 0 Å².